The normalized spacial score (nSPS) is 19.0. The molecule has 3 rings (SSSR count). The van der Waals surface area contributed by atoms with Gasteiger partial charge in [0, 0.05) is 30.5 Å². The zero-order chi connectivity index (χ0) is 19.6. The van der Waals surface area contributed by atoms with Gasteiger partial charge in [-0.2, -0.15) is 0 Å². The Morgan fingerprint density at radius 3 is 2.37 bits per heavy atom. The third-order valence-electron chi connectivity index (χ3n) is 5.01. The molecule has 1 fully saturated rings. The number of nitrogens with one attached hydrogen (secondary N) is 2. The Balaban J connectivity index is 2.15. The number of allylic oxidation sites excluding steroid dienone is 1. The summed E-state index contributed by atoms with van der Waals surface area (Å²) in [5, 5.41) is 21.2. The molecule has 1 saturated heterocycles. The van der Waals surface area contributed by atoms with E-state index in [0.717, 1.165) is 48.4 Å². The Hall–Kier alpha value is -2.89. The minimum Gasteiger partial charge on any atom is -0.477 e. The van der Waals surface area contributed by atoms with E-state index in [1.165, 1.54) is 6.42 Å². The SMILES string of the molecule is CC(=N)/C(=C1/N=C(C(=O)O)C=C(N2CCCCC2)N1)c1c(C)cccc1C. The first-order valence-corrected chi connectivity index (χ1v) is 9.30. The fraction of sp³-hybridized carbons (Fsp3) is 0.381. The van der Waals surface area contributed by atoms with Crippen molar-refractivity contribution in [2.24, 2.45) is 4.99 Å². The quantitative estimate of drug-likeness (QED) is 0.712. The molecule has 0 radical (unpaired) electrons. The van der Waals surface area contributed by atoms with E-state index < -0.39 is 5.97 Å². The molecular formula is C21H26N4O2. The van der Waals surface area contributed by atoms with Gasteiger partial charge in [-0.3, -0.25) is 0 Å². The molecule has 0 bridgehead atoms. The van der Waals surface area contributed by atoms with Gasteiger partial charge in [-0.05, 0) is 56.7 Å². The van der Waals surface area contributed by atoms with Gasteiger partial charge in [0.15, 0.2) is 5.71 Å². The number of aryl methyl sites for hydroxylation is 2. The van der Waals surface area contributed by atoms with Crippen LogP contribution >= 0.6 is 0 Å². The lowest BCUT2D eigenvalue weighted by Gasteiger charge is -2.33. The van der Waals surface area contributed by atoms with E-state index in [1.54, 1.807) is 13.0 Å². The Kier molecular flexibility index (Phi) is 5.44. The number of hydrogen-bond donors (Lipinski definition) is 3. The number of benzene rings is 1. The number of carboxylic acid groups (broad SMARTS) is 1. The van der Waals surface area contributed by atoms with Crippen molar-refractivity contribution in [1.82, 2.24) is 10.2 Å². The van der Waals surface area contributed by atoms with Gasteiger partial charge in [0.1, 0.15) is 11.6 Å². The zero-order valence-corrected chi connectivity index (χ0v) is 16.1. The number of carbonyl (C=O) groups is 1. The van der Waals surface area contributed by atoms with E-state index in [2.05, 4.69) is 15.2 Å². The van der Waals surface area contributed by atoms with Gasteiger partial charge < -0.3 is 20.7 Å². The molecule has 1 aromatic carbocycles. The van der Waals surface area contributed by atoms with Crippen molar-refractivity contribution in [1.29, 1.82) is 5.41 Å². The predicted octanol–water partition coefficient (Wildman–Crippen LogP) is 3.47. The zero-order valence-electron chi connectivity index (χ0n) is 16.1. The summed E-state index contributed by atoms with van der Waals surface area (Å²) >= 11 is 0. The van der Waals surface area contributed by atoms with Crippen LogP contribution in [0.4, 0.5) is 0 Å². The van der Waals surface area contributed by atoms with Crippen molar-refractivity contribution < 1.29 is 9.90 Å². The van der Waals surface area contributed by atoms with Crippen LogP contribution in [0, 0.1) is 19.3 Å². The monoisotopic (exact) mass is 366 g/mol. The van der Waals surface area contributed by atoms with Crippen LogP contribution in [0.3, 0.4) is 0 Å². The second-order valence-electron chi connectivity index (χ2n) is 7.12. The van der Waals surface area contributed by atoms with Gasteiger partial charge in [0.05, 0.1) is 0 Å². The van der Waals surface area contributed by atoms with Gasteiger partial charge in [-0.1, -0.05) is 18.2 Å². The molecule has 6 heteroatoms. The number of likely N-dealkylation sites (tertiary alicyclic amines) is 1. The Morgan fingerprint density at radius 2 is 1.81 bits per heavy atom. The van der Waals surface area contributed by atoms with Crippen LogP contribution in [-0.2, 0) is 4.79 Å². The van der Waals surface area contributed by atoms with E-state index in [-0.39, 0.29) is 5.71 Å². The molecule has 27 heavy (non-hydrogen) atoms. The molecule has 2 aliphatic rings. The molecule has 2 aliphatic heterocycles. The number of aliphatic carboxylic acids is 1. The maximum absolute atomic E-state index is 11.7. The predicted molar refractivity (Wildman–Crippen MR) is 108 cm³/mol. The smallest absolute Gasteiger partial charge is 0.354 e. The van der Waals surface area contributed by atoms with Crippen LogP contribution in [0.1, 0.15) is 42.9 Å². The summed E-state index contributed by atoms with van der Waals surface area (Å²) in [4.78, 5) is 18.2. The number of rotatable bonds is 4. The van der Waals surface area contributed by atoms with E-state index in [0.29, 0.717) is 17.1 Å². The lowest BCUT2D eigenvalue weighted by Crippen LogP contribution is -2.38. The number of piperidine rings is 1. The summed E-state index contributed by atoms with van der Waals surface area (Å²) in [7, 11) is 0. The minimum atomic E-state index is -1.06. The number of nitrogens with zero attached hydrogens (tertiary/aromatic N) is 2. The van der Waals surface area contributed by atoms with Crippen molar-refractivity contribution in [3.8, 4) is 0 Å². The number of carboxylic acids is 1. The summed E-state index contributed by atoms with van der Waals surface area (Å²) in [6.07, 6.45) is 4.97. The Morgan fingerprint density at radius 1 is 1.19 bits per heavy atom. The van der Waals surface area contributed by atoms with E-state index in [9.17, 15) is 9.90 Å². The molecule has 3 N–H and O–H groups in total. The first kappa shape index (κ1) is 18.9. The van der Waals surface area contributed by atoms with Crippen LogP contribution in [0.15, 0.2) is 40.9 Å². The molecule has 0 aliphatic carbocycles. The summed E-state index contributed by atoms with van der Waals surface area (Å²) in [6.45, 7) is 7.49. The van der Waals surface area contributed by atoms with Crippen molar-refractivity contribution >= 4 is 23.0 Å². The first-order chi connectivity index (χ1) is 12.9. The molecule has 0 spiro atoms. The summed E-state index contributed by atoms with van der Waals surface area (Å²) in [5.74, 6) is 0.120. The van der Waals surface area contributed by atoms with Gasteiger partial charge in [0.25, 0.3) is 0 Å². The van der Waals surface area contributed by atoms with Crippen molar-refractivity contribution in [2.75, 3.05) is 13.1 Å². The van der Waals surface area contributed by atoms with Crippen molar-refractivity contribution in [3.63, 3.8) is 0 Å². The highest BCUT2D eigenvalue weighted by Crippen LogP contribution is 2.29. The Labute approximate surface area is 159 Å². The highest BCUT2D eigenvalue weighted by atomic mass is 16.4. The van der Waals surface area contributed by atoms with Crippen molar-refractivity contribution in [3.05, 3.63) is 52.6 Å². The third-order valence-corrected chi connectivity index (χ3v) is 5.01. The topological polar surface area (TPSA) is 88.8 Å². The van der Waals surface area contributed by atoms with Crippen LogP contribution < -0.4 is 5.32 Å². The summed E-state index contributed by atoms with van der Waals surface area (Å²) in [6, 6.07) is 5.98. The fourth-order valence-corrected chi connectivity index (χ4v) is 3.69. The van der Waals surface area contributed by atoms with Crippen LogP contribution in [0.2, 0.25) is 0 Å². The van der Waals surface area contributed by atoms with Crippen molar-refractivity contribution in [2.45, 2.75) is 40.0 Å². The van der Waals surface area contributed by atoms with Crippen LogP contribution in [0.25, 0.3) is 5.57 Å². The maximum Gasteiger partial charge on any atom is 0.354 e. The average Bonchev–Trinajstić information content (AvgIpc) is 2.64. The fourth-order valence-electron chi connectivity index (χ4n) is 3.69. The van der Waals surface area contributed by atoms with Gasteiger partial charge in [0.2, 0.25) is 0 Å². The lowest BCUT2D eigenvalue weighted by atomic mass is 9.92. The Bertz CT molecular complexity index is 854. The molecule has 142 valence electrons. The molecule has 0 saturated carbocycles. The van der Waals surface area contributed by atoms with Gasteiger partial charge >= 0.3 is 5.97 Å². The largest absolute Gasteiger partial charge is 0.477 e. The molecule has 1 aromatic rings. The molecule has 2 heterocycles. The lowest BCUT2D eigenvalue weighted by molar-refractivity contribution is -0.129. The highest BCUT2D eigenvalue weighted by Gasteiger charge is 2.25. The third kappa shape index (κ3) is 3.94. The molecule has 0 unspecified atom stereocenters. The highest BCUT2D eigenvalue weighted by molar-refractivity contribution is 6.41. The van der Waals surface area contributed by atoms with E-state index in [4.69, 9.17) is 5.41 Å². The van der Waals surface area contributed by atoms with Crippen LogP contribution in [0.5, 0.6) is 0 Å². The second kappa shape index (κ2) is 7.78. The average molecular weight is 366 g/mol. The summed E-state index contributed by atoms with van der Waals surface area (Å²) in [5.41, 5.74) is 3.99. The standard InChI is InChI=1S/C21H26N4O2/c1-13-8-7-9-14(2)18(13)19(15(3)22)20-23-16(21(26)27)12-17(24-20)25-10-5-4-6-11-25/h7-9,12,22,24H,4-6,10-11H2,1-3H3,(H,26,27)/b20-19+,22-15?. The summed E-state index contributed by atoms with van der Waals surface area (Å²) < 4.78 is 0. The second-order valence-corrected chi connectivity index (χ2v) is 7.12. The number of aliphatic imine (C=N–C) groups is 1. The first-order valence-electron chi connectivity index (χ1n) is 9.30. The van der Waals surface area contributed by atoms with E-state index in [1.807, 2.05) is 32.0 Å². The maximum atomic E-state index is 11.7. The number of hydrogen-bond acceptors (Lipinski definition) is 5. The molecular weight excluding hydrogens is 340 g/mol. The molecule has 6 nitrogen and oxygen atoms in total. The minimum absolute atomic E-state index is 0.00527. The van der Waals surface area contributed by atoms with Gasteiger partial charge in [-0.25, -0.2) is 9.79 Å². The molecule has 0 aromatic heterocycles. The molecule has 0 amide bonds. The van der Waals surface area contributed by atoms with E-state index >= 15 is 0 Å². The van der Waals surface area contributed by atoms with Gasteiger partial charge in [-0.15, -0.1) is 0 Å². The van der Waals surface area contributed by atoms with Crippen LogP contribution in [-0.4, -0.2) is 40.5 Å². The molecule has 0 atom stereocenters.